The van der Waals surface area contributed by atoms with Gasteiger partial charge in [0.05, 0.1) is 4.92 Å². The molecule has 0 radical (unpaired) electrons. The first kappa shape index (κ1) is 13.3. The molecular weight excluding hydrogens is 271 g/mol. The molecule has 0 atom stereocenters. The topological polar surface area (TPSA) is 55.2 Å². The zero-order valence-corrected chi connectivity index (χ0v) is 10.5. The van der Waals surface area contributed by atoms with Crippen LogP contribution in [-0.4, -0.2) is 4.92 Å². The number of anilines is 1. The van der Waals surface area contributed by atoms with Crippen LogP contribution < -0.4 is 5.32 Å². The largest absolute Gasteiger partial charge is 0.381 e. The van der Waals surface area contributed by atoms with Crippen LogP contribution in [0.3, 0.4) is 0 Å². The van der Waals surface area contributed by atoms with Crippen molar-refractivity contribution in [1.29, 1.82) is 0 Å². The third kappa shape index (κ3) is 3.42. The number of nitrogens with zero attached hydrogens (tertiary/aromatic N) is 1. The van der Waals surface area contributed by atoms with Gasteiger partial charge in [-0.15, -0.1) is 0 Å². The fraction of sp³-hybridized carbons (Fsp3) is 0.0769. The first-order valence-electron chi connectivity index (χ1n) is 5.48. The summed E-state index contributed by atoms with van der Waals surface area (Å²) in [5.74, 6) is -0.365. The Morgan fingerprint density at radius 2 is 2.05 bits per heavy atom. The predicted molar refractivity (Wildman–Crippen MR) is 71.8 cm³/mol. The zero-order valence-electron chi connectivity index (χ0n) is 9.77. The summed E-state index contributed by atoms with van der Waals surface area (Å²) in [6.45, 7) is 0.219. The van der Waals surface area contributed by atoms with Crippen LogP contribution >= 0.6 is 11.6 Å². The van der Waals surface area contributed by atoms with Gasteiger partial charge in [0.25, 0.3) is 5.69 Å². The van der Waals surface area contributed by atoms with Crippen LogP contribution in [0.2, 0.25) is 5.02 Å². The molecule has 2 aromatic rings. The molecule has 0 aliphatic heterocycles. The van der Waals surface area contributed by atoms with Gasteiger partial charge < -0.3 is 5.32 Å². The summed E-state index contributed by atoms with van der Waals surface area (Å²) in [6.07, 6.45) is 0. The van der Waals surface area contributed by atoms with Crippen molar-refractivity contribution in [3.05, 3.63) is 69.0 Å². The van der Waals surface area contributed by atoms with E-state index in [4.69, 9.17) is 11.6 Å². The van der Waals surface area contributed by atoms with Crippen LogP contribution in [0.25, 0.3) is 0 Å². The van der Waals surface area contributed by atoms with E-state index in [0.717, 1.165) is 0 Å². The summed E-state index contributed by atoms with van der Waals surface area (Å²) in [4.78, 5) is 10.4. The summed E-state index contributed by atoms with van der Waals surface area (Å²) in [7, 11) is 0. The third-order valence-electron chi connectivity index (χ3n) is 2.55. The zero-order chi connectivity index (χ0) is 13.8. The quantitative estimate of drug-likeness (QED) is 0.680. The molecule has 1 N–H and O–H groups in total. The summed E-state index contributed by atoms with van der Waals surface area (Å²) in [6, 6.07) is 10.4. The van der Waals surface area contributed by atoms with E-state index in [0.29, 0.717) is 16.3 Å². The van der Waals surface area contributed by atoms with Crippen LogP contribution in [-0.2, 0) is 6.54 Å². The summed E-state index contributed by atoms with van der Waals surface area (Å²) >= 11 is 5.72. The lowest BCUT2D eigenvalue weighted by Crippen LogP contribution is -2.03. The van der Waals surface area contributed by atoms with Gasteiger partial charge in [-0.1, -0.05) is 17.7 Å². The van der Waals surface area contributed by atoms with Gasteiger partial charge in [0, 0.05) is 28.9 Å². The van der Waals surface area contributed by atoms with Crippen LogP contribution in [0.1, 0.15) is 5.56 Å². The van der Waals surface area contributed by atoms with Crippen LogP contribution in [0.4, 0.5) is 15.8 Å². The first-order chi connectivity index (χ1) is 9.06. The predicted octanol–water partition coefficient (Wildman–Crippen LogP) is 4.00. The van der Waals surface area contributed by atoms with E-state index in [9.17, 15) is 14.5 Å². The Labute approximate surface area is 114 Å². The van der Waals surface area contributed by atoms with Gasteiger partial charge in [-0.25, -0.2) is 4.39 Å². The molecule has 19 heavy (non-hydrogen) atoms. The van der Waals surface area contributed by atoms with Crippen molar-refractivity contribution in [2.75, 3.05) is 5.32 Å². The molecule has 4 nitrogen and oxygen atoms in total. The van der Waals surface area contributed by atoms with E-state index in [1.54, 1.807) is 24.3 Å². The molecule has 0 bridgehead atoms. The lowest BCUT2D eigenvalue weighted by atomic mass is 10.1. The van der Waals surface area contributed by atoms with Gasteiger partial charge >= 0.3 is 0 Å². The minimum absolute atomic E-state index is 0.0589. The highest BCUT2D eigenvalue weighted by molar-refractivity contribution is 6.30. The van der Waals surface area contributed by atoms with E-state index in [1.807, 2.05) is 0 Å². The second kappa shape index (κ2) is 5.67. The maximum absolute atomic E-state index is 13.0. The van der Waals surface area contributed by atoms with Gasteiger partial charge in [-0.2, -0.15) is 0 Å². The van der Waals surface area contributed by atoms with Crippen molar-refractivity contribution in [2.45, 2.75) is 6.54 Å². The average molecular weight is 281 g/mol. The number of nitro groups is 1. The highest BCUT2D eigenvalue weighted by atomic mass is 35.5. The Morgan fingerprint density at radius 1 is 1.26 bits per heavy atom. The maximum Gasteiger partial charge on any atom is 0.275 e. The number of halogens is 2. The van der Waals surface area contributed by atoms with Crippen molar-refractivity contribution in [1.82, 2.24) is 0 Å². The third-order valence-corrected chi connectivity index (χ3v) is 2.79. The Hall–Kier alpha value is -2.14. The Bertz CT molecular complexity index is 619. The summed E-state index contributed by atoms with van der Waals surface area (Å²) in [5, 5.41) is 14.1. The monoisotopic (exact) mass is 280 g/mol. The van der Waals surface area contributed by atoms with Crippen molar-refractivity contribution in [3.8, 4) is 0 Å². The number of hydrogen-bond acceptors (Lipinski definition) is 3. The van der Waals surface area contributed by atoms with E-state index in [-0.39, 0.29) is 18.0 Å². The van der Waals surface area contributed by atoms with E-state index in [1.165, 1.54) is 18.2 Å². The molecule has 0 spiro atoms. The SMILES string of the molecule is O=[N+]([O-])c1cc(Cl)ccc1CNc1cccc(F)c1. The Balaban J connectivity index is 2.17. The van der Waals surface area contributed by atoms with E-state index < -0.39 is 4.92 Å². The molecule has 98 valence electrons. The van der Waals surface area contributed by atoms with Gasteiger partial charge in [0.2, 0.25) is 0 Å². The lowest BCUT2D eigenvalue weighted by molar-refractivity contribution is -0.385. The molecule has 0 unspecified atom stereocenters. The number of rotatable bonds is 4. The van der Waals surface area contributed by atoms with Gasteiger partial charge in [-0.3, -0.25) is 10.1 Å². The molecule has 0 amide bonds. The van der Waals surface area contributed by atoms with Gasteiger partial charge in [-0.05, 0) is 30.3 Å². The molecule has 0 saturated carbocycles. The fourth-order valence-corrected chi connectivity index (χ4v) is 1.82. The van der Waals surface area contributed by atoms with Crippen LogP contribution in [0.5, 0.6) is 0 Å². The maximum atomic E-state index is 13.0. The number of hydrogen-bond donors (Lipinski definition) is 1. The number of nitro benzene ring substituents is 1. The van der Waals surface area contributed by atoms with E-state index in [2.05, 4.69) is 5.32 Å². The molecular formula is C13H10ClFN2O2. The average Bonchev–Trinajstić information content (AvgIpc) is 2.37. The Morgan fingerprint density at radius 3 is 2.74 bits per heavy atom. The lowest BCUT2D eigenvalue weighted by Gasteiger charge is -2.07. The molecule has 0 aliphatic rings. The minimum Gasteiger partial charge on any atom is -0.381 e. The molecule has 0 heterocycles. The smallest absolute Gasteiger partial charge is 0.275 e. The molecule has 0 aliphatic carbocycles. The highest BCUT2D eigenvalue weighted by Crippen LogP contribution is 2.24. The molecule has 2 rings (SSSR count). The van der Waals surface area contributed by atoms with Crippen LogP contribution in [0, 0.1) is 15.9 Å². The fourth-order valence-electron chi connectivity index (χ4n) is 1.65. The van der Waals surface area contributed by atoms with Crippen molar-refractivity contribution < 1.29 is 9.31 Å². The van der Waals surface area contributed by atoms with E-state index >= 15 is 0 Å². The number of benzene rings is 2. The second-order valence-electron chi connectivity index (χ2n) is 3.89. The molecule has 0 aromatic heterocycles. The molecule has 2 aromatic carbocycles. The first-order valence-corrected chi connectivity index (χ1v) is 5.86. The van der Waals surface area contributed by atoms with Crippen LogP contribution in [0.15, 0.2) is 42.5 Å². The van der Waals surface area contributed by atoms with Gasteiger partial charge in [0.1, 0.15) is 5.82 Å². The molecule has 0 saturated heterocycles. The Kier molecular flexibility index (Phi) is 3.97. The van der Waals surface area contributed by atoms with Crippen molar-refractivity contribution >= 4 is 23.0 Å². The molecule has 0 fully saturated rings. The standard InChI is InChI=1S/C13H10ClFN2O2/c14-10-5-4-9(13(6-10)17(18)19)8-16-12-3-1-2-11(15)7-12/h1-7,16H,8H2. The summed E-state index contributed by atoms with van der Waals surface area (Å²) < 4.78 is 13.0. The normalized spacial score (nSPS) is 10.2. The number of nitrogens with one attached hydrogen (secondary N) is 1. The molecule has 6 heteroatoms. The van der Waals surface area contributed by atoms with Crippen molar-refractivity contribution in [2.24, 2.45) is 0 Å². The minimum atomic E-state index is -0.492. The second-order valence-corrected chi connectivity index (χ2v) is 4.33. The summed E-state index contributed by atoms with van der Waals surface area (Å²) in [5.41, 5.74) is 0.985. The highest BCUT2D eigenvalue weighted by Gasteiger charge is 2.13. The van der Waals surface area contributed by atoms with Gasteiger partial charge in [0.15, 0.2) is 0 Å². The van der Waals surface area contributed by atoms with Crippen molar-refractivity contribution in [3.63, 3.8) is 0 Å².